The van der Waals surface area contributed by atoms with Crippen molar-refractivity contribution in [3.63, 3.8) is 0 Å². The Morgan fingerprint density at radius 2 is 2.04 bits per heavy atom. The number of hydrogen-bond donors (Lipinski definition) is 3. The zero-order valence-corrected chi connectivity index (χ0v) is 14.7. The molecule has 0 bridgehead atoms. The van der Waals surface area contributed by atoms with Crippen LogP contribution in [0.1, 0.15) is 18.4 Å². The fourth-order valence-electron chi connectivity index (χ4n) is 2.40. The number of guanidine groups is 1. The van der Waals surface area contributed by atoms with Crippen molar-refractivity contribution < 1.29 is 8.78 Å². The summed E-state index contributed by atoms with van der Waals surface area (Å²) in [5, 5.41) is 7.51. The summed E-state index contributed by atoms with van der Waals surface area (Å²) in [7, 11) is 0. The summed E-state index contributed by atoms with van der Waals surface area (Å²) in [4.78, 5) is 5.59. The first-order valence-electron chi connectivity index (χ1n) is 6.82. The van der Waals surface area contributed by atoms with Gasteiger partial charge in [0.1, 0.15) is 5.84 Å². The summed E-state index contributed by atoms with van der Waals surface area (Å²) >= 11 is 3.40. The maximum Gasteiger partial charge on any atom is 0.252 e. The van der Waals surface area contributed by atoms with E-state index in [0.29, 0.717) is 0 Å². The van der Waals surface area contributed by atoms with Crippen LogP contribution in [0.4, 0.5) is 8.78 Å². The normalized spacial score (nSPS) is 20.7. The number of nitrogens with one attached hydrogen (secondary N) is 1. The number of piperidine rings is 1. The molecule has 0 aliphatic carbocycles. The monoisotopic (exact) mass is 409 g/mol. The largest absolute Gasteiger partial charge is 0.386 e. The maximum absolute atomic E-state index is 13.6. The van der Waals surface area contributed by atoms with Crippen molar-refractivity contribution in [2.75, 3.05) is 6.54 Å². The molecule has 1 aliphatic heterocycles. The van der Waals surface area contributed by atoms with E-state index < -0.39 is 18.4 Å². The summed E-state index contributed by atoms with van der Waals surface area (Å²) in [5.74, 6) is -3.01. The van der Waals surface area contributed by atoms with Crippen molar-refractivity contribution in [1.29, 1.82) is 5.41 Å². The zero-order chi connectivity index (χ0) is 16.3. The molecule has 5 nitrogen and oxygen atoms in total. The first kappa shape index (κ1) is 19.6. The fraction of sp³-hybridized carbons (Fsp3) is 0.429. The van der Waals surface area contributed by atoms with Crippen molar-refractivity contribution in [3.8, 4) is 0 Å². The van der Waals surface area contributed by atoms with Gasteiger partial charge in [-0.3, -0.25) is 10.4 Å². The number of nitrogens with zero attached hydrogens (tertiary/aromatic N) is 2. The van der Waals surface area contributed by atoms with Gasteiger partial charge in [-0.1, -0.05) is 34.1 Å². The van der Waals surface area contributed by atoms with Gasteiger partial charge in [-0.15, -0.1) is 12.4 Å². The summed E-state index contributed by atoms with van der Waals surface area (Å²) in [5.41, 5.74) is 12.3. The molecule has 1 aromatic rings. The van der Waals surface area contributed by atoms with Crippen LogP contribution >= 0.6 is 28.3 Å². The van der Waals surface area contributed by atoms with Crippen molar-refractivity contribution in [2.24, 2.45) is 16.5 Å². The molecule has 0 amide bonds. The highest BCUT2D eigenvalue weighted by Crippen LogP contribution is 2.31. The molecule has 1 heterocycles. The molecule has 5 N–H and O–H groups in total. The van der Waals surface area contributed by atoms with Crippen LogP contribution in [0.3, 0.4) is 0 Å². The Morgan fingerprint density at radius 3 is 2.65 bits per heavy atom. The predicted octanol–water partition coefficient (Wildman–Crippen LogP) is 2.72. The second-order valence-corrected chi connectivity index (χ2v) is 6.09. The zero-order valence-electron chi connectivity index (χ0n) is 12.3. The second kappa shape index (κ2) is 7.92. The lowest BCUT2D eigenvalue weighted by Crippen LogP contribution is -2.57. The number of nitrogens with two attached hydrogens (primary N) is 2. The summed E-state index contributed by atoms with van der Waals surface area (Å²) < 4.78 is 28.1. The number of aliphatic imine (C=N–C) groups is 1. The molecule has 0 radical (unpaired) electrons. The number of alkyl halides is 2. The number of halogens is 4. The highest BCUT2D eigenvalue weighted by Gasteiger charge is 2.42. The predicted molar refractivity (Wildman–Crippen MR) is 93.3 cm³/mol. The molecule has 128 valence electrons. The molecule has 1 aromatic carbocycles. The lowest BCUT2D eigenvalue weighted by Gasteiger charge is -2.39. The lowest BCUT2D eigenvalue weighted by molar-refractivity contribution is -0.0527. The standard InChI is InChI=1S/C14H18BrF2N5.ClH/c15-10-4-2-1-3-9(10)8-21-12(18)11-7-14(16,17)5-6-22(11)13(19)20;/h1-4,11H,5-8H2,(H2,18,21)(H3,19,20);1H. The van der Waals surface area contributed by atoms with Gasteiger partial charge in [0.15, 0.2) is 5.96 Å². The van der Waals surface area contributed by atoms with E-state index in [0.717, 1.165) is 10.0 Å². The summed E-state index contributed by atoms with van der Waals surface area (Å²) in [6.45, 7) is 0.277. The molecule has 9 heteroatoms. The van der Waals surface area contributed by atoms with Gasteiger partial charge < -0.3 is 16.4 Å². The van der Waals surface area contributed by atoms with E-state index >= 15 is 0 Å². The van der Waals surface area contributed by atoms with Crippen LogP contribution in [0.2, 0.25) is 0 Å². The minimum atomic E-state index is -2.82. The van der Waals surface area contributed by atoms with E-state index in [1.54, 1.807) is 0 Å². The van der Waals surface area contributed by atoms with Gasteiger partial charge in [-0.2, -0.15) is 0 Å². The first-order valence-corrected chi connectivity index (χ1v) is 7.61. The third-order valence-electron chi connectivity index (χ3n) is 3.63. The maximum atomic E-state index is 13.6. The van der Waals surface area contributed by atoms with E-state index in [-0.39, 0.29) is 43.7 Å². The van der Waals surface area contributed by atoms with Crippen LogP contribution in [-0.4, -0.2) is 35.2 Å². The summed E-state index contributed by atoms with van der Waals surface area (Å²) in [6, 6.07) is 6.64. The van der Waals surface area contributed by atoms with Gasteiger partial charge in [-0.25, -0.2) is 8.78 Å². The van der Waals surface area contributed by atoms with Crippen molar-refractivity contribution in [1.82, 2.24) is 4.90 Å². The number of likely N-dealkylation sites (tertiary alicyclic amines) is 1. The van der Waals surface area contributed by atoms with Crippen molar-refractivity contribution in [3.05, 3.63) is 34.3 Å². The molecule has 0 saturated carbocycles. The fourth-order valence-corrected chi connectivity index (χ4v) is 2.81. The van der Waals surface area contributed by atoms with Gasteiger partial charge in [0.25, 0.3) is 5.92 Å². The molecule has 1 aliphatic rings. The Bertz CT molecular complexity index is 596. The second-order valence-electron chi connectivity index (χ2n) is 5.24. The van der Waals surface area contributed by atoms with Gasteiger partial charge in [0.2, 0.25) is 0 Å². The van der Waals surface area contributed by atoms with Gasteiger partial charge in [0, 0.05) is 23.9 Å². The minimum Gasteiger partial charge on any atom is -0.386 e. The third kappa shape index (κ3) is 5.04. The smallest absolute Gasteiger partial charge is 0.252 e. The Hall–Kier alpha value is -1.41. The topological polar surface area (TPSA) is 91.5 Å². The first-order chi connectivity index (χ1) is 10.3. The molecule has 1 saturated heterocycles. The minimum absolute atomic E-state index is 0. The molecule has 2 rings (SSSR count). The Labute approximate surface area is 148 Å². The molecule has 1 atom stereocenters. The number of benzene rings is 1. The number of rotatable bonds is 3. The molecular weight excluding hydrogens is 392 g/mol. The average molecular weight is 411 g/mol. The quantitative estimate of drug-likeness (QED) is 0.528. The Balaban J connectivity index is 0.00000264. The van der Waals surface area contributed by atoms with E-state index in [4.69, 9.17) is 16.9 Å². The molecular formula is C14H19BrClF2N5. The highest BCUT2D eigenvalue weighted by molar-refractivity contribution is 9.10. The van der Waals surface area contributed by atoms with Gasteiger partial charge in [0.05, 0.1) is 12.6 Å². The van der Waals surface area contributed by atoms with Crippen LogP contribution in [0, 0.1) is 5.41 Å². The van der Waals surface area contributed by atoms with Gasteiger partial charge in [-0.05, 0) is 11.6 Å². The molecule has 23 heavy (non-hydrogen) atoms. The van der Waals surface area contributed by atoms with E-state index in [1.165, 1.54) is 4.90 Å². The van der Waals surface area contributed by atoms with Crippen LogP contribution in [-0.2, 0) is 6.54 Å². The van der Waals surface area contributed by atoms with E-state index in [1.807, 2.05) is 24.3 Å². The van der Waals surface area contributed by atoms with Crippen LogP contribution in [0.25, 0.3) is 0 Å². The summed E-state index contributed by atoms with van der Waals surface area (Å²) in [6.07, 6.45) is -0.807. The van der Waals surface area contributed by atoms with Crippen molar-refractivity contribution >= 4 is 40.1 Å². The lowest BCUT2D eigenvalue weighted by atomic mass is 9.98. The molecule has 0 spiro atoms. The van der Waals surface area contributed by atoms with Crippen LogP contribution in [0.5, 0.6) is 0 Å². The molecule has 0 aromatic heterocycles. The van der Waals surface area contributed by atoms with E-state index in [2.05, 4.69) is 20.9 Å². The Morgan fingerprint density at radius 1 is 1.39 bits per heavy atom. The SMILES string of the molecule is Cl.N=C(N)N1CCC(F)(F)CC1C(N)=NCc1ccccc1Br. The third-order valence-corrected chi connectivity index (χ3v) is 4.40. The van der Waals surface area contributed by atoms with Crippen LogP contribution in [0.15, 0.2) is 33.7 Å². The number of hydrogen-bond acceptors (Lipinski definition) is 2. The van der Waals surface area contributed by atoms with E-state index in [9.17, 15) is 8.78 Å². The average Bonchev–Trinajstić information content (AvgIpc) is 2.44. The van der Waals surface area contributed by atoms with Crippen molar-refractivity contribution in [2.45, 2.75) is 31.4 Å². The molecule has 1 fully saturated rings. The van der Waals surface area contributed by atoms with Crippen LogP contribution < -0.4 is 11.5 Å². The Kier molecular flexibility index (Phi) is 6.76. The highest BCUT2D eigenvalue weighted by atomic mass is 79.9. The van der Waals surface area contributed by atoms with Gasteiger partial charge >= 0.3 is 0 Å². The number of amidine groups is 1. The molecule has 1 unspecified atom stereocenters.